The zero-order valence-corrected chi connectivity index (χ0v) is 15.0. The van der Waals surface area contributed by atoms with Gasteiger partial charge in [-0.05, 0) is 56.8 Å². The van der Waals surface area contributed by atoms with Crippen molar-refractivity contribution in [2.75, 3.05) is 13.1 Å². The van der Waals surface area contributed by atoms with Crippen LogP contribution in [0.3, 0.4) is 0 Å². The van der Waals surface area contributed by atoms with Gasteiger partial charge in [0.25, 0.3) is 5.89 Å². The molecule has 0 aromatic carbocycles. The van der Waals surface area contributed by atoms with Crippen molar-refractivity contribution in [3.63, 3.8) is 0 Å². The highest BCUT2D eigenvalue weighted by Crippen LogP contribution is 2.23. The fourth-order valence-corrected chi connectivity index (χ4v) is 2.76. The Bertz CT molecular complexity index is 750. The number of piperidine rings is 1. The summed E-state index contributed by atoms with van der Waals surface area (Å²) in [6.07, 6.45) is 2.98. The molecule has 3 heterocycles. The summed E-state index contributed by atoms with van der Waals surface area (Å²) in [4.78, 5) is 25.0. The third-order valence-electron chi connectivity index (χ3n) is 4.23. The summed E-state index contributed by atoms with van der Waals surface area (Å²) in [7, 11) is 0. The van der Waals surface area contributed by atoms with E-state index in [0.29, 0.717) is 17.9 Å². The second-order valence-electron chi connectivity index (χ2n) is 6.32. The van der Waals surface area contributed by atoms with E-state index in [-0.39, 0.29) is 11.7 Å². The van der Waals surface area contributed by atoms with Gasteiger partial charge in [0.1, 0.15) is 0 Å². The van der Waals surface area contributed by atoms with Gasteiger partial charge in [0.15, 0.2) is 11.5 Å². The number of rotatable bonds is 6. The molecule has 2 aromatic heterocycles. The van der Waals surface area contributed by atoms with Crippen molar-refractivity contribution in [2.24, 2.45) is 5.92 Å². The quantitative estimate of drug-likeness (QED) is 0.706. The molecule has 0 spiro atoms. The van der Waals surface area contributed by atoms with Gasteiger partial charge >= 0.3 is 12.1 Å². The van der Waals surface area contributed by atoms with E-state index in [4.69, 9.17) is 18.7 Å². The number of Topliss-reactive ketones (excluding diaryl/α,β-unsaturated/α-hetero) is 1. The SMILES string of the molecule is O=C(CCCC1CCNCC1)c1ncc(-c2ccco2)o1.O=C(O)C(F)(F)F. The summed E-state index contributed by atoms with van der Waals surface area (Å²) in [5, 5.41) is 10.5. The second-order valence-corrected chi connectivity index (χ2v) is 6.32. The molecule has 0 bridgehead atoms. The molecule has 0 unspecified atom stereocenters. The topological polar surface area (TPSA) is 106 Å². The smallest absolute Gasteiger partial charge is 0.475 e. The highest BCUT2D eigenvalue weighted by atomic mass is 19.4. The Hall–Kier alpha value is -2.62. The Morgan fingerprint density at radius 3 is 2.50 bits per heavy atom. The van der Waals surface area contributed by atoms with Crippen molar-refractivity contribution in [3.05, 3.63) is 30.5 Å². The van der Waals surface area contributed by atoms with Crippen LogP contribution in [-0.4, -0.2) is 41.1 Å². The Morgan fingerprint density at radius 1 is 1.25 bits per heavy atom. The molecule has 0 aliphatic carbocycles. The van der Waals surface area contributed by atoms with Crippen LogP contribution in [0.5, 0.6) is 0 Å². The van der Waals surface area contributed by atoms with Gasteiger partial charge in [-0.15, -0.1) is 0 Å². The lowest BCUT2D eigenvalue weighted by Crippen LogP contribution is -2.27. The normalized spacial score (nSPS) is 15.0. The zero-order valence-electron chi connectivity index (χ0n) is 15.0. The fraction of sp³-hybridized carbons (Fsp3) is 0.500. The van der Waals surface area contributed by atoms with Gasteiger partial charge in [-0.1, -0.05) is 0 Å². The van der Waals surface area contributed by atoms with Crippen LogP contribution in [0.15, 0.2) is 33.4 Å². The summed E-state index contributed by atoms with van der Waals surface area (Å²) in [5.74, 6) is -0.749. The maximum atomic E-state index is 12.1. The first kappa shape index (κ1) is 21.7. The molecule has 1 aliphatic rings. The van der Waals surface area contributed by atoms with Gasteiger partial charge in [0.2, 0.25) is 5.78 Å². The number of carbonyl (C=O) groups is 2. The van der Waals surface area contributed by atoms with E-state index in [2.05, 4.69) is 10.3 Å². The minimum atomic E-state index is -5.08. The summed E-state index contributed by atoms with van der Waals surface area (Å²) in [5.41, 5.74) is 0. The number of ketones is 1. The van der Waals surface area contributed by atoms with Crippen LogP contribution < -0.4 is 5.32 Å². The van der Waals surface area contributed by atoms with Gasteiger partial charge in [0.05, 0.1) is 12.5 Å². The Labute approximate surface area is 158 Å². The molecule has 28 heavy (non-hydrogen) atoms. The number of hydrogen-bond acceptors (Lipinski definition) is 6. The Balaban J connectivity index is 0.000000345. The molecule has 1 fully saturated rings. The van der Waals surface area contributed by atoms with Crippen LogP contribution in [-0.2, 0) is 4.79 Å². The average Bonchev–Trinajstić information content (AvgIpc) is 3.34. The second kappa shape index (κ2) is 10.1. The number of oxazole rings is 1. The van der Waals surface area contributed by atoms with Crippen molar-refractivity contribution >= 4 is 11.8 Å². The van der Waals surface area contributed by atoms with E-state index in [1.807, 2.05) is 0 Å². The Morgan fingerprint density at radius 2 is 1.93 bits per heavy atom. The van der Waals surface area contributed by atoms with Gasteiger partial charge in [-0.2, -0.15) is 13.2 Å². The monoisotopic (exact) mass is 402 g/mol. The molecular weight excluding hydrogens is 381 g/mol. The molecule has 0 atom stereocenters. The summed E-state index contributed by atoms with van der Waals surface area (Å²) in [6, 6.07) is 3.56. The molecule has 1 aliphatic heterocycles. The molecule has 0 radical (unpaired) electrons. The number of carboxylic acid groups (broad SMARTS) is 1. The molecule has 3 rings (SSSR count). The number of aliphatic carboxylic acids is 1. The van der Waals surface area contributed by atoms with E-state index >= 15 is 0 Å². The summed E-state index contributed by atoms with van der Waals surface area (Å²) in [6.45, 7) is 2.20. The summed E-state index contributed by atoms with van der Waals surface area (Å²) < 4.78 is 42.4. The van der Waals surface area contributed by atoms with E-state index in [0.717, 1.165) is 31.8 Å². The molecule has 0 amide bonds. The van der Waals surface area contributed by atoms with E-state index in [1.165, 1.54) is 12.8 Å². The van der Waals surface area contributed by atoms with Crippen LogP contribution in [0.1, 0.15) is 42.8 Å². The lowest BCUT2D eigenvalue weighted by atomic mass is 9.92. The number of carboxylic acids is 1. The fourth-order valence-electron chi connectivity index (χ4n) is 2.76. The molecule has 7 nitrogen and oxygen atoms in total. The lowest BCUT2D eigenvalue weighted by Gasteiger charge is -2.22. The number of alkyl halides is 3. The maximum absolute atomic E-state index is 12.1. The first-order chi connectivity index (χ1) is 13.3. The van der Waals surface area contributed by atoms with Gasteiger partial charge in [0, 0.05) is 6.42 Å². The first-order valence-corrected chi connectivity index (χ1v) is 8.81. The predicted molar refractivity (Wildman–Crippen MR) is 91.7 cm³/mol. The molecule has 0 saturated carbocycles. The molecule has 2 aromatic rings. The van der Waals surface area contributed by atoms with Crippen molar-refractivity contribution in [1.82, 2.24) is 10.3 Å². The van der Waals surface area contributed by atoms with Gasteiger partial charge in [-0.25, -0.2) is 9.78 Å². The van der Waals surface area contributed by atoms with Crippen LogP contribution in [0.2, 0.25) is 0 Å². The van der Waals surface area contributed by atoms with Gasteiger partial charge in [-0.3, -0.25) is 4.79 Å². The minimum absolute atomic E-state index is 0.0262. The number of halogens is 3. The number of nitrogens with zero attached hydrogens (tertiary/aromatic N) is 1. The lowest BCUT2D eigenvalue weighted by molar-refractivity contribution is -0.192. The number of carbonyl (C=O) groups excluding carboxylic acids is 1. The van der Waals surface area contributed by atoms with Crippen LogP contribution in [0, 0.1) is 5.92 Å². The van der Waals surface area contributed by atoms with Crippen LogP contribution in [0.25, 0.3) is 11.5 Å². The first-order valence-electron chi connectivity index (χ1n) is 8.81. The van der Waals surface area contributed by atoms with Crippen molar-refractivity contribution in [3.8, 4) is 11.5 Å². The zero-order chi connectivity index (χ0) is 20.6. The molecule has 1 saturated heterocycles. The molecule has 2 N–H and O–H groups in total. The van der Waals surface area contributed by atoms with Gasteiger partial charge < -0.3 is 19.3 Å². The third-order valence-corrected chi connectivity index (χ3v) is 4.23. The standard InChI is InChI=1S/C16H20N2O3.C2HF3O2/c19-13(4-1-3-12-6-8-17-9-7-12)16-18-11-15(21-16)14-5-2-10-20-14;3-2(4,5)1(6)7/h2,5,10-12,17H,1,3-4,6-9H2;(H,6,7). The third kappa shape index (κ3) is 6.84. The van der Waals surface area contributed by atoms with E-state index in [9.17, 15) is 18.0 Å². The average molecular weight is 402 g/mol. The Kier molecular flexibility index (Phi) is 7.80. The molecular formula is C18H21F3N2O5. The number of nitrogens with one attached hydrogen (secondary N) is 1. The van der Waals surface area contributed by atoms with Crippen molar-refractivity contribution in [1.29, 1.82) is 0 Å². The maximum Gasteiger partial charge on any atom is 0.490 e. The molecule has 10 heteroatoms. The van der Waals surface area contributed by atoms with Crippen molar-refractivity contribution in [2.45, 2.75) is 38.3 Å². The number of aromatic nitrogens is 1. The molecule has 154 valence electrons. The highest BCUT2D eigenvalue weighted by Gasteiger charge is 2.38. The van der Waals surface area contributed by atoms with E-state index < -0.39 is 12.1 Å². The van der Waals surface area contributed by atoms with Crippen LogP contribution in [0.4, 0.5) is 13.2 Å². The summed E-state index contributed by atoms with van der Waals surface area (Å²) >= 11 is 0. The van der Waals surface area contributed by atoms with Crippen LogP contribution >= 0.6 is 0 Å². The van der Waals surface area contributed by atoms with E-state index in [1.54, 1.807) is 24.6 Å². The van der Waals surface area contributed by atoms with Crippen molar-refractivity contribution < 1.29 is 36.7 Å². The highest BCUT2D eigenvalue weighted by molar-refractivity contribution is 5.91. The number of hydrogen-bond donors (Lipinski definition) is 2. The minimum Gasteiger partial charge on any atom is -0.475 e. The largest absolute Gasteiger partial charge is 0.490 e. The number of furan rings is 1. The predicted octanol–water partition coefficient (Wildman–Crippen LogP) is 3.92.